The highest BCUT2D eigenvalue weighted by Crippen LogP contribution is 2.49. The molecule has 6 aromatic rings. The van der Waals surface area contributed by atoms with E-state index in [0.29, 0.717) is 34.1 Å². The van der Waals surface area contributed by atoms with Crippen LogP contribution in [0.15, 0.2) is 85.3 Å². The van der Waals surface area contributed by atoms with Gasteiger partial charge >= 0.3 is 0 Å². The second-order valence-corrected chi connectivity index (χ2v) is 10.4. The Hall–Kier alpha value is -4.40. The Labute approximate surface area is 229 Å². The SMILES string of the molecule is Cn1cc([C@]2(O)C(=O)N(Cc3cn(CCc4c[nH]c5ccccc45)nn3)c3cccc(Cl)c32)c2ccccc21. The van der Waals surface area contributed by atoms with Crippen molar-refractivity contribution in [2.24, 2.45) is 7.05 Å². The summed E-state index contributed by atoms with van der Waals surface area (Å²) in [6, 6.07) is 21.2. The summed E-state index contributed by atoms with van der Waals surface area (Å²) in [7, 11) is 1.90. The fraction of sp³-hybridized carbons (Fsp3) is 0.167. The summed E-state index contributed by atoms with van der Waals surface area (Å²) in [6.07, 6.45) is 6.47. The van der Waals surface area contributed by atoms with Crippen molar-refractivity contribution >= 4 is 45.0 Å². The molecule has 1 aliphatic rings. The summed E-state index contributed by atoms with van der Waals surface area (Å²) in [5, 5.41) is 23.1. The molecule has 9 heteroatoms. The van der Waals surface area contributed by atoms with Gasteiger partial charge in [0.1, 0.15) is 5.69 Å². The van der Waals surface area contributed by atoms with Gasteiger partial charge in [-0.15, -0.1) is 5.10 Å². The van der Waals surface area contributed by atoms with E-state index in [4.69, 9.17) is 11.6 Å². The second-order valence-electron chi connectivity index (χ2n) is 9.99. The normalized spacial score (nSPS) is 17.0. The van der Waals surface area contributed by atoms with Crippen molar-refractivity contribution in [1.29, 1.82) is 0 Å². The molecule has 2 N–H and O–H groups in total. The van der Waals surface area contributed by atoms with Gasteiger partial charge in [0, 0.05) is 63.9 Å². The molecule has 3 aromatic carbocycles. The standard InChI is InChI=1S/C30H25ClN6O2/c1-35-18-23(22-8-3-5-11-26(22)35)30(39)28-24(31)9-6-12-27(28)37(29(30)38)17-20-16-36(34-33-20)14-13-19-15-32-25-10-4-2-7-21(19)25/h2-12,15-16,18,32,39H,13-14,17H2,1H3/t30-/m1/s1. The van der Waals surface area contributed by atoms with E-state index in [1.807, 2.05) is 66.5 Å². The molecule has 1 atom stereocenters. The molecular weight excluding hydrogens is 512 g/mol. The van der Waals surface area contributed by atoms with Gasteiger partial charge in [-0.05, 0) is 36.2 Å². The molecular formula is C30H25ClN6O2. The van der Waals surface area contributed by atoms with Gasteiger partial charge in [0.05, 0.1) is 18.4 Å². The lowest BCUT2D eigenvalue weighted by molar-refractivity contribution is -0.132. The lowest BCUT2D eigenvalue weighted by Crippen LogP contribution is -2.41. The maximum Gasteiger partial charge on any atom is 0.268 e. The average Bonchev–Trinajstić information content (AvgIpc) is 3.70. The van der Waals surface area contributed by atoms with Crippen LogP contribution >= 0.6 is 11.6 Å². The topological polar surface area (TPSA) is 92.0 Å². The number of aromatic nitrogens is 5. The van der Waals surface area contributed by atoms with Crippen LogP contribution in [0.1, 0.15) is 22.4 Å². The number of halogens is 1. The van der Waals surface area contributed by atoms with Gasteiger partial charge in [-0.25, -0.2) is 0 Å². The number of aromatic amines is 1. The third kappa shape index (κ3) is 3.60. The molecule has 0 spiro atoms. The Bertz CT molecular complexity index is 1890. The monoisotopic (exact) mass is 536 g/mol. The third-order valence-electron chi connectivity index (χ3n) is 7.68. The Kier molecular flexibility index (Phi) is 5.36. The van der Waals surface area contributed by atoms with Crippen LogP contribution < -0.4 is 4.90 Å². The summed E-state index contributed by atoms with van der Waals surface area (Å²) >= 11 is 6.65. The van der Waals surface area contributed by atoms with E-state index < -0.39 is 11.5 Å². The second kappa shape index (κ2) is 8.83. The number of carbonyl (C=O) groups excluding carboxylic acids is 1. The zero-order valence-electron chi connectivity index (χ0n) is 21.2. The minimum atomic E-state index is -1.93. The molecule has 194 valence electrons. The Morgan fingerprint density at radius 3 is 2.67 bits per heavy atom. The number of H-pyrrole nitrogens is 1. The number of aliphatic hydroxyl groups is 1. The minimum absolute atomic E-state index is 0.159. The van der Waals surface area contributed by atoms with E-state index in [0.717, 1.165) is 22.8 Å². The van der Waals surface area contributed by atoms with Gasteiger partial charge in [0.15, 0.2) is 5.60 Å². The number of amides is 1. The van der Waals surface area contributed by atoms with Crippen molar-refractivity contribution < 1.29 is 9.90 Å². The van der Waals surface area contributed by atoms with Gasteiger partial charge in [-0.1, -0.05) is 59.3 Å². The lowest BCUT2D eigenvalue weighted by Gasteiger charge is -2.23. The fourth-order valence-corrected chi connectivity index (χ4v) is 6.11. The zero-order valence-corrected chi connectivity index (χ0v) is 21.9. The smallest absolute Gasteiger partial charge is 0.268 e. The molecule has 0 fully saturated rings. The van der Waals surface area contributed by atoms with E-state index >= 15 is 0 Å². The molecule has 4 heterocycles. The Morgan fingerprint density at radius 1 is 1.00 bits per heavy atom. The highest BCUT2D eigenvalue weighted by Gasteiger charge is 2.53. The zero-order chi connectivity index (χ0) is 26.7. The van der Waals surface area contributed by atoms with Crippen LogP contribution in [-0.2, 0) is 37.0 Å². The number of hydrogen-bond donors (Lipinski definition) is 2. The van der Waals surface area contributed by atoms with Crippen LogP contribution in [0.25, 0.3) is 21.8 Å². The van der Waals surface area contributed by atoms with Gasteiger partial charge in [0.2, 0.25) is 0 Å². The fourth-order valence-electron chi connectivity index (χ4n) is 5.80. The highest BCUT2D eigenvalue weighted by atomic mass is 35.5. The predicted octanol–water partition coefficient (Wildman–Crippen LogP) is 4.93. The first-order chi connectivity index (χ1) is 18.9. The van der Waals surface area contributed by atoms with E-state index in [-0.39, 0.29) is 6.54 Å². The van der Waals surface area contributed by atoms with Crippen molar-refractivity contribution in [3.8, 4) is 0 Å². The van der Waals surface area contributed by atoms with E-state index in [1.54, 1.807) is 27.9 Å². The number of hydrogen-bond acceptors (Lipinski definition) is 4. The maximum atomic E-state index is 14.1. The van der Waals surface area contributed by atoms with Gasteiger partial charge in [0.25, 0.3) is 5.91 Å². The number of anilines is 1. The molecule has 1 amide bonds. The number of nitrogens with one attached hydrogen (secondary N) is 1. The van der Waals surface area contributed by atoms with Crippen molar-refractivity contribution in [2.45, 2.75) is 25.1 Å². The molecule has 0 radical (unpaired) electrons. The van der Waals surface area contributed by atoms with Gasteiger partial charge in [-0.3, -0.25) is 9.48 Å². The maximum absolute atomic E-state index is 14.1. The first kappa shape index (κ1) is 23.7. The molecule has 7 rings (SSSR count). The number of nitrogens with zero attached hydrogens (tertiary/aromatic N) is 5. The molecule has 0 unspecified atom stereocenters. The average molecular weight is 537 g/mol. The third-order valence-corrected chi connectivity index (χ3v) is 7.99. The Morgan fingerprint density at radius 2 is 1.79 bits per heavy atom. The number of benzene rings is 3. The van der Waals surface area contributed by atoms with Crippen molar-refractivity contribution in [2.75, 3.05) is 4.90 Å². The Balaban J connectivity index is 1.20. The summed E-state index contributed by atoms with van der Waals surface area (Å²) in [5.74, 6) is -0.463. The summed E-state index contributed by atoms with van der Waals surface area (Å²) in [4.78, 5) is 18.9. The van der Waals surface area contributed by atoms with E-state index in [2.05, 4.69) is 27.4 Å². The highest BCUT2D eigenvalue weighted by molar-refractivity contribution is 6.33. The summed E-state index contributed by atoms with van der Waals surface area (Å²) in [5.41, 5.74) is 3.38. The number of para-hydroxylation sites is 2. The number of rotatable bonds is 6. The molecule has 0 bridgehead atoms. The number of fused-ring (bicyclic) bond motifs is 3. The van der Waals surface area contributed by atoms with E-state index in [9.17, 15) is 9.90 Å². The molecule has 39 heavy (non-hydrogen) atoms. The minimum Gasteiger partial charge on any atom is -0.372 e. The molecule has 0 saturated heterocycles. The van der Waals surface area contributed by atoms with Crippen molar-refractivity contribution in [3.05, 3.63) is 113 Å². The van der Waals surface area contributed by atoms with Crippen molar-refractivity contribution in [3.63, 3.8) is 0 Å². The number of carbonyl (C=O) groups is 1. The molecule has 0 saturated carbocycles. The molecule has 8 nitrogen and oxygen atoms in total. The van der Waals surface area contributed by atoms with Gasteiger partial charge in [-0.2, -0.15) is 0 Å². The summed E-state index contributed by atoms with van der Waals surface area (Å²) in [6.45, 7) is 0.803. The number of aryl methyl sites for hydroxylation is 3. The predicted molar refractivity (Wildman–Crippen MR) is 151 cm³/mol. The van der Waals surface area contributed by atoms with Crippen LogP contribution in [0.3, 0.4) is 0 Å². The first-order valence-corrected chi connectivity index (χ1v) is 13.1. The van der Waals surface area contributed by atoms with Crippen LogP contribution in [-0.4, -0.2) is 35.6 Å². The van der Waals surface area contributed by atoms with Crippen LogP contribution in [0.5, 0.6) is 0 Å². The van der Waals surface area contributed by atoms with Gasteiger partial charge < -0.3 is 19.6 Å². The molecule has 3 aromatic heterocycles. The molecule has 1 aliphatic heterocycles. The lowest BCUT2D eigenvalue weighted by atomic mass is 9.87. The largest absolute Gasteiger partial charge is 0.372 e. The summed E-state index contributed by atoms with van der Waals surface area (Å²) < 4.78 is 3.70. The van der Waals surface area contributed by atoms with E-state index in [1.165, 1.54) is 10.9 Å². The van der Waals surface area contributed by atoms with Crippen LogP contribution in [0.2, 0.25) is 5.02 Å². The first-order valence-electron chi connectivity index (χ1n) is 12.8. The van der Waals surface area contributed by atoms with Crippen LogP contribution in [0.4, 0.5) is 5.69 Å². The van der Waals surface area contributed by atoms with Crippen LogP contribution in [0, 0.1) is 0 Å². The van der Waals surface area contributed by atoms with Crippen molar-refractivity contribution in [1.82, 2.24) is 24.5 Å². The quantitative estimate of drug-likeness (QED) is 0.316. The molecule has 0 aliphatic carbocycles.